The molecule has 2 rings (SSSR count). The second kappa shape index (κ2) is 4.86. The molecule has 0 aliphatic carbocycles. The second-order valence-corrected chi connectivity index (χ2v) is 4.07. The number of nitrogens with one attached hydrogen (secondary N) is 1. The van der Waals surface area contributed by atoms with E-state index in [4.69, 9.17) is 5.73 Å². The van der Waals surface area contributed by atoms with Crippen LogP contribution in [0.2, 0.25) is 0 Å². The number of hydrogen-bond acceptors (Lipinski definition) is 4. The molecule has 0 fully saturated rings. The van der Waals surface area contributed by atoms with E-state index in [1.54, 1.807) is 6.33 Å². The van der Waals surface area contributed by atoms with Crippen LogP contribution in [0.15, 0.2) is 24.5 Å². The highest BCUT2D eigenvalue weighted by molar-refractivity contribution is 5.69. The minimum atomic E-state index is 0.781. The van der Waals surface area contributed by atoms with Crippen molar-refractivity contribution in [3.63, 3.8) is 0 Å². The molecule has 5 heteroatoms. The fourth-order valence-corrected chi connectivity index (χ4v) is 1.76. The van der Waals surface area contributed by atoms with Crippen LogP contribution >= 0.6 is 0 Å². The van der Waals surface area contributed by atoms with Gasteiger partial charge in [-0.15, -0.1) is 10.2 Å². The lowest BCUT2D eigenvalue weighted by atomic mass is 10.1. The minimum Gasteiger partial charge on any atom is -0.397 e. The lowest BCUT2D eigenvalue weighted by molar-refractivity contribution is 0.788. The van der Waals surface area contributed by atoms with Gasteiger partial charge in [-0.2, -0.15) is 0 Å². The van der Waals surface area contributed by atoms with Crippen LogP contribution in [0.4, 0.5) is 11.4 Å². The van der Waals surface area contributed by atoms with Crippen molar-refractivity contribution in [3.05, 3.63) is 35.9 Å². The molecule has 3 N–H and O–H groups in total. The van der Waals surface area contributed by atoms with Gasteiger partial charge in [0.05, 0.1) is 11.4 Å². The summed E-state index contributed by atoms with van der Waals surface area (Å²) in [5.74, 6) is 0.963. The maximum Gasteiger partial charge on any atom is 0.134 e. The van der Waals surface area contributed by atoms with Crippen molar-refractivity contribution in [1.82, 2.24) is 14.8 Å². The quantitative estimate of drug-likeness (QED) is 0.780. The summed E-state index contributed by atoms with van der Waals surface area (Å²) >= 11 is 0. The summed E-state index contributed by atoms with van der Waals surface area (Å²) in [6.45, 7) is 2.84. The van der Waals surface area contributed by atoms with Crippen LogP contribution in [0.25, 0.3) is 0 Å². The number of aromatic nitrogens is 3. The van der Waals surface area contributed by atoms with E-state index in [0.717, 1.165) is 35.7 Å². The molecule has 0 amide bonds. The highest BCUT2D eigenvalue weighted by atomic mass is 15.2. The predicted molar refractivity (Wildman–Crippen MR) is 68.8 cm³/mol. The molecular weight excluding hydrogens is 214 g/mol. The van der Waals surface area contributed by atoms with Gasteiger partial charge in [-0.3, -0.25) is 0 Å². The minimum absolute atomic E-state index is 0.781. The van der Waals surface area contributed by atoms with E-state index in [9.17, 15) is 0 Å². The van der Waals surface area contributed by atoms with Crippen LogP contribution in [0, 0.1) is 6.92 Å². The molecule has 0 spiro atoms. The predicted octanol–water partition coefficient (Wildman–Crippen LogP) is 1.36. The number of nitrogens with zero attached hydrogens (tertiary/aromatic N) is 3. The normalized spacial score (nSPS) is 10.5. The summed E-state index contributed by atoms with van der Waals surface area (Å²) in [5, 5.41) is 11.2. The van der Waals surface area contributed by atoms with Gasteiger partial charge < -0.3 is 15.6 Å². The zero-order chi connectivity index (χ0) is 12.3. The molecule has 17 heavy (non-hydrogen) atoms. The van der Waals surface area contributed by atoms with Crippen molar-refractivity contribution in [2.45, 2.75) is 13.3 Å². The van der Waals surface area contributed by atoms with Crippen LogP contribution < -0.4 is 11.1 Å². The summed E-state index contributed by atoms with van der Waals surface area (Å²) in [4.78, 5) is 0. The van der Waals surface area contributed by atoms with Gasteiger partial charge in [0.1, 0.15) is 12.2 Å². The smallest absolute Gasteiger partial charge is 0.134 e. The maximum absolute atomic E-state index is 5.92. The number of hydrogen-bond donors (Lipinski definition) is 2. The highest BCUT2D eigenvalue weighted by Gasteiger charge is 2.03. The van der Waals surface area contributed by atoms with Crippen LogP contribution in [0.5, 0.6) is 0 Å². The second-order valence-electron chi connectivity index (χ2n) is 4.07. The molecule has 0 saturated heterocycles. The van der Waals surface area contributed by atoms with Gasteiger partial charge in [-0.05, 0) is 18.6 Å². The van der Waals surface area contributed by atoms with Gasteiger partial charge in [-0.25, -0.2) is 0 Å². The zero-order valence-corrected chi connectivity index (χ0v) is 10.1. The van der Waals surface area contributed by atoms with Crippen molar-refractivity contribution < 1.29 is 0 Å². The van der Waals surface area contributed by atoms with E-state index in [1.165, 1.54) is 0 Å². The van der Waals surface area contributed by atoms with E-state index in [-0.39, 0.29) is 0 Å². The monoisotopic (exact) mass is 231 g/mol. The lowest BCUT2D eigenvalue weighted by Crippen LogP contribution is -2.10. The Balaban J connectivity index is 1.97. The Morgan fingerprint density at radius 1 is 1.41 bits per heavy atom. The summed E-state index contributed by atoms with van der Waals surface area (Å²) in [7, 11) is 1.94. The SMILES string of the molecule is Cc1cccc(N)c1NCCc1nncn1C. The van der Waals surface area contributed by atoms with Crippen LogP contribution in [0.3, 0.4) is 0 Å². The summed E-state index contributed by atoms with van der Waals surface area (Å²) in [6.07, 6.45) is 2.53. The summed E-state index contributed by atoms with van der Waals surface area (Å²) in [5.41, 5.74) is 8.86. The molecule has 1 aromatic heterocycles. The third-order valence-electron chi connectivity index (χ3n) is 2.76. The van der Waals surface area contributed by atoms with E-state index >= 15 is 0 Å². The molecule has 0 aliphatic rings. The third-order valence-corrected chi connectivity index (χ3v) is 2.76. The Morgan fingerprint density at radius 2 is 2.24 bits per heavy atom. The van der Waals surface area contributed by atoms with Gasteiger partial charge in [0.2, 0.25) is 0 Å². The fourth-order valence-electron chi connectivity index (χ4n) is 1.76. The number of nitrogens with two attached hydrogens (primary N) is 1. The van der Waals surface area contributed by atoms with Gasteiger partial charge in [-0.1, -0.05) is 12.1 Å². The first-order valence-corrected chi connectivity index (χ1v) is 5.60. The average molecular weight is 231 g/mol. The van der Waals surface area contributed by atoms with Gasteiger partial charge in [0.15, 0.2) is 0 Å². The first-order valence-electron chi connectivity index (χ1n) is 5.60. The number of nitrogen functional groups attached to an aromatic ring is 1. The molecule has 1 aromatic carbocycles. The van der Waals surface area contributed by atoms with Crippen molar-refractivity contribution in [2.24, 2.45) is 7.05 Å². The number of rotatable bonds is 4. The van der Waals surface area contributed by atoms with Crippen molar-refractivity contribution >= 4 is 11.4 Å². The van der Waals surface area contributed by atoms with E-state index < -0.39 is 0 Å². The highest BCUT2D eigenvalue weighted by Crippen LogP contribution is 2.22. The molecule has 0 saturated carbocycles. The van der Waals surface area contributed by atoms with Crippen LogP contribution in [-0.4, -0.2) is 21.3 Å². The molecule has 90 valence electrons. The molecule has 0 aliphatic heterocycles. The van der Waals surface area contributed by atoms with Crippen LogP contribution in [-0.2, 0) is 13.5 Å². The molecule has 0 radical (unpaired) electrons. The average Bonchev–Trinajstić information content (AvgIpc) is 2.69. The number of para-hydroxylation sites is 1. The maximum atomic E-state index is 5.92. The number of anilines is 2. The molecule has 2 aromatic rings. The van der Waals surface area contributed by atoms with Gasteiger partial charge in [0, 0.05) is 20.0 Å². The zero-order valence-electron chi connectivity index (χ0n) is 10.1. The molecule has 0 bridgehead atoms. The Morgan fingerprint density at radius 3 is 2.88 bits per heavy atom. The standard InChI is InChI=1S/C12H17N5/c1-9-4-3-5-10(13)12(9)14-7-6-11-16-15-8-17(11)2/h3-5,8,14H,6-7,13H2,1-2H3. The van der Waals surface area contributed by atoms with E-state index in [1.807, 2.05) is 36.7 Å². The molecule has 0 atom stereocenters. The van der Waals surface area contributed by atoms with E-state index in [0.29, 0.717) is 0 Å². The largest absolute Gasteiger partial charge is 0.397 e. The first kappa shape index (κ1) is 11.4. The number of benzene rings is 1. The van der Waals surface area contributed by atoms with Gasteiger partial charge in [0.25, 0.3) is 0 Å². The number of aryl methyl sites for hydroxylation is 2. The molecule has 1 heterocycles. The first-order chi connectivity index (χ1) is 8.18. The van der Waals surface area contributed by atoms with Crippen molar-refractivity contribution in [3.8, 4) is 0 Å². The summed E-state index contributed by atoms with van der Waals surface area (Å²) < 4.78 is 1.92. The fraction of sp³-hybridized carbons (Fsp3) is 0.333. The summed E-state index contributed by atoms with van der Waals surface area (Å²) in [6, 6.07) is 5.90. The van der Waals surface area contributed by atoms with Crippen molar-refractivity contribution in [1.29, 1.82) is 0 Å². The molecule has 5 nitrogen and oxygen atoms in total. The Bertz CT molecular complexity index is 483. The topological polar surface area (TPSA) is 68.8 Å². The third kappa shape index (κ3) is 2.55. The van der Waals surface area contributed by atoms with Crippen molar-refractivity contribution in [2.75, 3.05) is 17.6 Å². The Hall–Kier alpha value is -2.04. The van der Waals surface area contributed by atoms with Crippen LogP contribution in [0.1, 0.15) is 11.4 Å². The molecule has 0 unspecified atom stereocenters. The Labute approximate surface area is 101 Å². The Kier molecular flexibility index (Phi) is 3.27. The van der Waals surface area contributed by atoms with E-state index in [2.05, 4.69) is 15.5 Å². The molecular formula is C12H17N5. The van der Waals surface area contributed by atoms with Gasteiger partial charge >= 0.3 is 0 Å². The lowest BCUT2D eigenvalue weighted by Gasteiger charge is -2.11.